The third-order valence-corrected chi connectivity index (χ3v) is 2.49. The van der Waals surface area contributed by atoms with E-state index in [0.29, 0.717) is 0 Å². The SMILES string of the molecule is C=C(NC(CC)c1cncn1C)NC(C)(C)C.CCC. The van der Waals surface area contributed by atoms with E-state index in [2.05, 4.69) is 63.7 Å². The summed E-state index contributed by atoms with van der Waals surface area (Å²) in [4.78, 5) is 4.15. The molecule has 2 N–H and O–H groups in total. The monoisotopic (exact) mass is 280 g/mol. The first-order chi connectivity index (χ1) is 9.25. The highest BCUT2D eigenvalue weighted by molar-refractivity contribution is 5.08. The van der Waals surface area contributed by atoms with Crippen LogP contribution in [-0.2, 0) is 7.05 Å². The zero-order chi connectivity index (χ0) is 15.8. The highest BCUT2D eigenvalue weighted by Crippen LogP contribution is 2.16. The van der Waals surface area contributed by atoms with E-state index in [9.17, 15) is 0 Å². The van der Waals surface area contributed by atoms with Gasteiger partial charge in [-0.3, -0.25) is 0 Å². The van der Waals surface area contributed by atoms with E-state index >= 15 is 0 Å². The number of aryl methyl sites for hydroxylation is 1. The van der Waals surface area contributed by atoms with Crippen LogP contribution in [0.2, 0.25) is 0 Å². The van der Waals surface area contributed by atoms with Gasteiger partial charge in [0, 0.05) is 12.6 Å². The molecule has 0 aliphatic rings. The lowest BCUT2D eigenvalue weighted by Crippen LogP contribution is -2.40. The number of imidazole rings is 1. The Hall–Kier alpha value is -1.45. The number of rotatable bonds is 5. The molecular weight excluding hydrogens is 248 g/mol. The molecule has 116 valence electrons. The molecule has 0 bridgehead atoms. The van der Waals surface area contributed by atoms with Gasteiger partial charge in [-0.1, -0.05) is 33.8 Å². The minimum absolute atomic E-state index is 0.0227. The molecule has 0 saturated carbocycles. The Morgan fingerprint density at radius 3 is 2.25 bits per heavy atom. The molecule has 1 rings (SSSR count). The van der Waals surface area contributed by atoms with Gasteiger partial charge in [0.1, 0.15) is 0 Å². The van der Waals surface area contributed by atoms with E-state index in [4.69, 9.17) is 0 Å². The fourth-order valence-corrected chi connectivity index (χ4v) is 1.79. The van der Waals surface area contributed by atoms with E-state index in [0.717, 1.165) is 12.2 Å². The van der Waals surface area contributed by atoms with E-state index < -0.39 is 0 Å². The largest absolute Gasteiger partial charge is 0.368 e. The summed E-state index contributed by atoms with van der Waals surface area (Å²) in [5, 5.41) is 6.73. The Morgan fingerprint density at radius 2 is 1.90 bits per heavy atom. The van der Waals surface area contributed by atoms with Crippen molar-refractivity contribution in [1.82, 2.24) is 20.2 Å². The third kappa shape index (κ3) is 7.22. The molecule has 0 saturated heterocycles. The lowest BCUT2D eigenvalue weighted by molar-refractivity contribution is 0.427. The summed E-state index contributed by atoms with van der Waals surface area (Å²) in [7, 11) is 2.01. The Balaban J connectivity index is 0.00000110. The molecule has 1 atom stereocenters. The van der Waals surface area contributed by atoms with E-state index in [1.54, 1.807) is 0 Å². The molecule has 20 heavy (non-hydrogen) atoms. The lowest BCUT2D eigenvalue weighted by Gasteiger charge is -2.27. The molecular formula is C16H32N4. The van der Waals surface area contributed by atoms with Gasteiger partial charge in [0.25, 0.3) is 0 Å². The molecule has 4 nitrogen and oxygen atoms in total. The lowest BCUT2D eigenvalue weighted by atomic mass is 10.1. The fraction of sp³-hybridized carbons (Fsp3) is 0.688. The Kier molecular flexibility index (Phi) is 8.04. The number of hydrogen-bond donors (Lipinski definition) is 2. The first kappa shape index (κ1) is 18.6. The molecule has 1 aromatic heterocycles. The number of hydrogen-bond acceptors (Lipinski definition) is 3. The second-order valence-electron chi connectivity index (χ2n) is 6.10. The van der Waals surface area contributed by atoms with Gasteiger partial charge < -0.3 is 15.2 Å². The highest BCUT2D eigenvalue weighted by atomic mass is 15.2. The van der Waals surface area contributed by atoms with Crippen LogP contribution in [0.1, 0.15) is 66.1 Å². The van der Waals surface area contributed by atoms with Crippen molar-refractivity contribution in [2.24, 2.45) is 7.05 Å². The van der Waals surface area contributed by atoms with Crippen LogP contribution in [0.25, 0.3) is 0 Å². The molecule has 1 unspecified atom stereocenters. The number of nitrogens with zero attached hydrogens (tertiary/aromatic N) is 2. The van der Waals surface area contributed by atoms with Crippen molar-refractivity contribution < 1.29 is 0 Å². The molecule has 0 fully saturated rings. The molecule has 0 spiro atoms. The van der Waals surface area contributed by atoms with E-state index in [1.807, 2.05) is 24.1 Å². The quantitative estimate of drug-likeness (QED) is 0.863. The Labute approximate surface area is 124 Å². The summed E-state index contributed by atoms with van der Waals surface area (Å²) >= 11 is 0. The standard InChI is InChI=1S/C13H24N4.C3H8/c1-7-11(12-8-14-9-17(12)6)15-10(2)16-13(3,4)5;1-3-2/h8-9,11,15-16H,2,7H2,1,3-6H3;3H2,1-2H3. The van der Waals surface area contributed by atoms with Gasteiger partial charge in [0.05, 0.1) is 30.1 Å². The fourth-order valence-electron chi connectivity index (χ4n) is 1.79. The summed E-state index contributed by atoms with van der Waals surface area (Å²) in [5.74, 6) is 0.852. The van der Waals surface area contributed by atoms with Crippen molar-refractivity contribution >= 4 is 0 Å². The van der Waals surface area contributed by atoms with Gasteiger partial charge in [-0.15, -0.1) is 0 Å². The van der Waals surface area contributed by atoms with Crippen molar-refractivity contribution in [1.29, 1.82) is 0 Å². The first-order valence-electron chi connectivity index (χ1n) is 7.44. The van der Waals surface area contributed by atoms with Gasteiger partial charge in [-0.05, 0) is 27.2 Å². The van der Waals surface area contributed by atoms with Crippen molar-refractivity contribution in [3.8, 4) is 0 Å². The summed E-state index contributed by atoms with van der Waals surface area (Å²) in [5.41, 5.74) is 1.19. The van der Waals surface area contributed by atoms with Crippen LogP contribution in [0.3, 0.4) is 0 Å². The zero-order valence-corrected chi connectivity index (χ0v) is 14.2. The van der Waals surface area contributed by atoms with Gasteiger partial charge in [0.2, 0.25) is 0 Å². The maximum atomic E-state index is 4.15. The van der Waals surface area contributed by atoms with Gasteiger partial charge in [-0.2, -0.15) is 0 Å². The van der Waals surface area contributed by atoms with E-state index in [1.165, 1.54) is 12.1 Å². The highest BCUT2D eigenvalue weighted by Gasteiger charge is 2.15. The topological polar surface area (TPSA) is 41.9 Å². The first-order valence-corrected chi connectivity index (χ1v) is 7.44. The molecule has 0 amide bonds. The van der Waals surface area contributed by atoms with Crippen LogP contribution >= 0.6 is 0 Å². The molecule has 4 heteroatoms. The molecule has 1 aromatic rings. The summed E-state index contributed by atoms with van der Waals surface area (Å²) in [6, 6.07) is 0.241. The van der Waals surface area contributed by atoms with Gasteiger partial charge in [-0.25, -0.2) is 4.98 Å². The van der Waals surface area contributed by atoms with Crippen molar-refractivity contribution in [3.63, 3.8) is 0 Å². The summed E-state index contributed by atoms with van der Waals surface area (Å²) < 4.78 is 2.03. The van der Waals surface area contributed by atoms with Crippen LogP contribution in [0.15, 0.2) is 24.9 Å². The average molecular weight is 280 g/mol. The van der Waals surface area contributed by atoms with Crippen LogP contribution in [0.5, 0.6) is 0 Å². The van der Waals surface area contributed by atoms with Gasteiger partial charge in [0.15, 0.2) is 0 Å². The summed E-state index contributed by atoms with van der Waals surface area (Å²) in [6.45, 7) is 16.8. The number of aromatic nitrogens is 2. The molecule has 0 aromatic carbocycles. The van der Waals surface area contributed by atoms with Crippen molar-refractivity contribution in [2.75, 3.05) is 0 Å². The predicted molar refractivity (Wildman–Crippen MR) is 87.4 cm³/mol. The smallest absolute Gasteiger partial charge is 0.0946 e. The number of nitrogens with one attached hydrogen (secondary N) is 2. The minimum Gasteiger partial charge on any atom is -0.368 e. The zero-order valence-electron chi connectivity index (χ0n) is 14.2. The maximum Gasteiger partial charge on any atom is 0.0946 e. The van der Waals surface area contributed by atoms with Crippen molar-refractivity contribution in [3.05, 3.63) is 30.6 Å². The van der Waals surface area contributed by atoms with Crippen LogP contribution in [-0.4, -0.2) is 15.1 Å². The van der Waals surface area contributed by atoms with Crippen LogP contribution < -0.4 is 10.6 Å². The normalized spacial score (nSPS) is 12.2. The Morgan fingerprint density at radius 1 is 1.35 bits per heavy atom. The van der Waals surface area contributed by atoms with Gasteiger partial charge >= 0.3 is 0 Å². The predicted octanol–water partition coefficient (Wildman–Crippen LogP) is 3.74. The Bertz CT molecular complexity index is 387. The molecule has 0 aliphatic heterocycles. The minimum atomic E-state index is 0.0227. The molecule has 0 aliphatic carbocycles. The average Bonchev–Trinajstić information content (AvgIpc) is 2.71. The second kappa shape index (κ2) is 8.67. The molecule has 0 radical (unpaired) electrons. The second-order valence-corrected chi connectivity index (χ2v) is 6.10. The van der Waals surface area contributed by atoms with E-state index in [-0.39, 0.29) is 11.6 Å². The third-order valence-electron chi connectivity index (χ3n) is 2.49. The van der Waals surface area contributed by atoms with Crippen LogP contribution in [0, 0.1) is 0 Å². The molecule has 1 heterocycles. The van der Waals surface area contributed by atoms with Crippen molar-refractivity contribution in [2.45, 2.75) is 66.0 Å². The summed E-state index contributed by atoms with van der Waals surface area (Å²) in [6.07, 6.45) is 5.95. The van der Waals surface area contributed by atoms with Crippen LogP contribution in [0.4, 0.5) is 0 Å². The maximum absolute atomic E-state index is 4.15.